The highest BCUT2D eigenvalue weighted by Crippen LogP contribution is 2.08. The molecule has 90 valence electrons. The van der Waals surface area contributed by atoms with Crippen LogP contribution >= 0.6 is 0 Å². The van der Waals surface area contributed by atoms with Crippen molar-refractivity contribution in [2.45, 2.75) is 6.54 Å². The summed E-state index contributed by atoms with van der Waals surface area (Å²) in [7, 11) is 1.58. The minimum absolute atomic E-state index is 0.116. The molecule has 0 radical (unpaired) electrons. The lowest BCUT2D eigenvalue weighted by Crippen LogP contribution is -2.18. The molecule has 0 amide bonds. The van der Waals surface area contributed by atoms with Crippen molar-refractivity contribution in [3.05, 3.63) is 22.0 Å². The van der Waals surface area contributed by atoms with E-state index in [9.17, 15) is 4.79 Å². The van der Waals surface area contributed by atoms with Crippen LogP contribution in [0.5, 0.6) is 0 Å². The van der Waals surface area contributed by atoms with E-state index < -0.39 is 0 Å². The Labute approximate surface area is 94.3 Å². The largest absolute Gasteiger partial charge is 0.382 e. The van der Waals surface area contributed by atoms with Gasteiger partial charge in [0.1, 0.15) is 5.84 Å². The summed E-state index contributed by atoms with van der Waals surface area (Å²) in [6.07, 6.45) is 0. The molecule has 0 spiro atoms. The summed E-state index contributed by atoms with van der Waals surface area (Å²) in [5, 5.41) is 23.1. The van der Waals surface area contributed by atoms with Gasteiger partial charge in [-0.2, -0.15) is 5.10 Å². The van der Waals surface area contributed by atoms with Crippen molar-refractivity contribution in [2.75, 3.05) is 5.32 Å². The molecule has 5 N–H and O–H groups in total. The van der Waals surface area contributed by atoms with Gasteiger partial charge in [0.2, 0.25) is 5.82 Å². The molecule has 10 heteroatoms. The molecule has 0 atom stereocenters. The lowest BCUT2D eigenvalue weighted by Gasteiger charge is -2.01. The number of aromatic nitrogens is 5. The number of nitrogens with one attached hydrogen (secondary N) is 3. The fourth-order valence-electron chi connectivity index (χ4n) is 1.18. The lowest BCUT2D eigenvalue weighted by molar-refractivity contribution is 0.307. The van der Waals surface area contributed by atoms with Crippen molar-refractivity contribution in [3.63, 3.8) is 0 Å². The second-order valence-corrected chi connectivity index (χ2v) is 3.23. The van der Waals surface area contributed by atoms with Gasteiger partial charge in [-0.25, -0.2) is 14.5 Å². The predicted octanol–water partition coefficient (Wildman–Crippen LogP) is -1.61. The highest BCUT2D eigenvalue weighted by atomic mass is 16.6. The van der Waals surface area contributed by atoms with Crippen LogP contribution < -0.4 is 16.7 Å². The zero-order valence-electron chi connectivity index (χ0n) is 8.89. The van der Waals surface area contributed by atoms with E-state index in [1.165, 1.54) is 4.57 Å². The van der Waals surface area contributed by atoms with Gasteiger partial charge >= 0.3 is 5.69 Å². The van der Waals surface area contributed by atoms with Gasteiger partial charge < -0.3 is 11.1 Å². The fourth-order valence-corrected chi connectivity index (χ4v) is 1.18. The molecule has 0 aliphatic heterocycles. The number of hydrogen-bond acceptors (Lipinski definition) is 7. The predicted molar refractivity (Wildman–Crippen MR) is 56.5 cm³/mol. The van der Waals surface area contributed by atoms with Crippen molar-refractivity contribution >= 4 is 11.7 Å². The minimum Gasteiger partial charge on any atom is -0.382 e. The maximum absolute atomic E-state index is 11.1. The average molecular weight is 238 g/mol. The summed E-state index contributed by atoms with van der Waals surface area (Å²) in [5.74, 6) is 0.449. The normalized spacial score (nSPS) is 10.4. The fraction of sp³-hybridized carbons (Fsp3) is 0.286. The van der Waals surface area contributed by atoms with Crippen molar-refractivity contribution < 1.29 is 4.63 Å². The Hall–Kier alpha value is -2.65. The highest BCUT2D eigenvalue weighted by Gasteiger charge is 2.13. The summed E-state index contributed by atoms with van der Waals surface area (Å²) in [4.78, 5) is 11.1. The van der Waals surface area contributed by atoms with Crippen LogP contribution in [-0.2, 0) is 13.6 Å². The third-order valence-electron chi connectivity index (χ3n) is 2.13. The van der Waals surface area contributed by atoms with Crippen LogP contribution in [0.25, 0.3) is 0 Å². The molecule has 0 fully saturated rings. The van der Waals surface area contributed by atoms with Crippen molar-refractivity contribution in [2.24, 2.45) is 12.8 Å². The number of aromatic amines is 1. The second-order valence-electron chi connectivity index (χ2n) is 3.23. The summed E-state index contributed by atoms with van der Waals surface area (Å²) < 4.78 is 5.79. The monoisotopic (exact) mass is 238 g/mol. The maximum atomic E-state index is 11.1. The van der Waals surface area contributed by atoms with Gasteiger partial charge in [-0.3, -0.25) is 9.98 Å². The Morgan fingerprint density at radius 1 is 1.65 bits per heavy atom. The van der Waals surface area contributed by atoms with Gasteiger partial charge in [0.25, 0.3) is 0 Å². The topological polar surface area (TPSA) is 152 Å². The molecule has 0 aliphatic rings. The van der Waals surface area contributed by atoms with E-state index in [0.717, 1.165) is 0 Å². The smallest absolute Gasteiger partial charge is 0.343 e. The average Bonchev–Trinajstić information content (AvgIpc) is 2.86. The van der Waals surface area contributed by atoms with Crippen LogP contribution in [0.2, 0.25) is 0 Å². The third kappa shape index (κ3) is 2.00. The Balaban J connectivity index is 2.13. The zero-order chi connectivity index (χ0) is 12.4. The van der Waals surface area contributed by atoms with Crippen molar-refractivity contribution in [3.8, 4) is 0 Å². The van der Waals surface area contributed by atoms with Crippen LogP contribution in [-0.4, -0.2) is 30.9 Å². The molecule has 2 heterocycles. The van der Waals surface area contributed by atoms with Gasteiger partial charge in [-0.1, -0.05) is 0 Å². The minimum atomic E-state index is -0.313. The van der Waals surface area contributed by atoms with Crippen molar-refractivity contribution in [1.82, 2.24) is 25.1 Å². The first-order chi connectivity index (χ1) is 8.09. The van der Waals surface area contributed by atoms with E-state index in [0.29, 0.717) is 5.82 Å². The van der Waals surface area contributed by atoms with Gasteiger partial charge in [0.05, 0.1) is 6.54 Å². The number of amidine groups is 1. The van der Waals surface area contributed by atoms with E-state index in [-0.39, 0.29) is 29.6 Å². The van der Waals surface area contributed by atoms with E-state index in [1.807, 2.05) is 0 Å². The molecule has 2 aromatic rings. The number of hydrogen-bond donors (Lipinski definition) is 4. The van der Waals surface area contributed by atoms with Crippen LogP contribution in [0, 0.1) is 5.41 Å². The zero-order valence-corrected chi connectivity index (χ0v) is 8.89. The van der Waals surface area contributed by atoms with E-state index >= 15 is 0 Å². The molecular weight excluding hydrogens is 228 g/mol. The Morgan fingerprint density at radius 2 is 2.41 bits per heavy atom. The number of nitrogens with zero attached hydrogens (tertiary/aromatic N) is 4. The summed E-state index contributed by atoms with van der Waals surface area (Å²) in [6, 6.07) is 0. The first kappa shape index (κ1) is 10.9. The number of nitrogens with two attached hydrogens (primary N) is 1. The van der Waals surface area contributed by atoms with E-state index in [4.69, 9.17) is 11.1 Å². The highest BCUT2D eigenvalue weighted by molar-refractivity contribution is 5.97. The van der Waals surface area contributed by atoms with E-state index in [1.54, 1.807) is 7.05 Å². The first-order valence-corrected chi connectivity index (χ1v) is 4.60. The molecular formula is C7H10N8O2. The van der Waals surface area contributed by atoms with E-state index in [2.05, 4.69) is 30.5 Å². The van der Waals surface area contributed by atoms with Crippen LogP contribution in [0.4, 0.5) is 5.82 Å². The third-order valence-corrected chi connectivity index (χ3v) is 2.13. The lowest BCUT2D eigenvalue weighted by atomic mass is 10.4. The van der Waals surface area contributed by atoms with Crippen molar-refractivity contribution in [1.29, 1.82) is 5.41 Å². The number of nitrogen functional groups attached to an aromatic ring is 1. The molecule has 2 rings (SSSR count). The molecule has 17 heavy (non-hydrogen) atoms. The molecule has 0 saturated carbocycles. The molecule has 0 aliphatic carbocycles. The Bertz CT molecular complexity index is 593. The SMILES string of the molecule is Cn1c(CNc2nonc2C(=N)N)n[nH]c1=O. The molecule has 0 saturated heterocycles. The standard InChI is InChI=1S/C7H10N8O2/c1-15-3(11-12-7(15)16)2-10-6-4(5(8)9)13-17-14-6/h2H2,1H3,(H3,8,9)(H,10,14)(H,12,16). The van der Waals surface area contributed by atoms with Gasteiger partial charge in [0.15, 0.2) is 11.5 Å². The van der Waals surface area contributed by atoms with Crippen LogP contribution in [0.1, 0.15) is 11.5 Å². The first-order valence-electron chi connectivity index (χ1n) is 4.60. The second kappa shape index (κ2) is 4.08. The number of anilines is 1. The summed E-state index contributed by atoms with van der Waals surface area (Å²) in [5.41, 5.74) is 5.07. The quantitative estimate of drug-likeness (QED) is 0.369. The Morgan fingerprint density at radius 3 is 3.00 bits per heavy atom. The summed E-state index contributed by atoms with van der Waals surface area (Å²) >= 11 is 0. The molecule has 0 aromatic carbocycles. The summed E-state index contributed by atoms with van der Waals surface area (Å²) in [6.45, 7) is 0.226. The van der Waals surface area contributed by atoms with Crippen LogP contribution in [0.15, 0.2) is 9.42 Å². The Kier molecular flexibility index (Phi) is 2.60. The van der Waals surface area contributed by atoms with Gasteiger partial charge in [-0.05, 0) is 10.3 Å². The maximum Gasteiger partial charge on any atom is 0.343 e. The molecule has 10 nitrogen and oxygen atoms in total. The molecule has 0 unspecified atom stereocenters. The number of H-pyrrole nitrogens is 1. The molecule has 0 bridgehead atoms. The van der Waals surface area contributed by atoms with Gasteiger partial charge in [-0.15, -0.1) is 0 Å². The molecule has 2 aromatic heterocycles. The van der Waals surface area contributed by atoms with Crippen LogP contribution in [0.3, 0.4) is 0 Å². The van der Waals surface area contributed by atoms with Gasteiger partial charge in [0, 0.05) is 7.05 Å². The number of rotatable bonds is 4.